The molecule has 0 aromatic heterocycles. The molecule has 160 valence electrons. The van der Waals surface area contributed by atoms with Gasteiger partial charge in [-0.25, -0.2) is 8.42 Å². The highest BCUT2D eigenvalue weighted by molar-refractivity contribution is 7.89. The molecule has 1 saturated heterocycles. The smallest absolute Gasteiger partial charge is 0.258 e. The van der Waals surface area contributed by atoms with Crippen LogP contribution in [-0.2, 0) is 16.4 Å². The quantitative estimate of drug-likeness (QED) is 0.744. The molecule has 2 aliphatic rings. The average molecular weight is 429 g/mol. The maximum atomic E-state index is 13.3. The molecule has 4 rings (SSSR count). The summed E-state index contributed by atoms with van der Waals surface area (Å²) in [6.07, 6.45) is 3.53. The number of fused-ring (bicyclic) bond motifs is 1. The van der Waals surface area contributed by atoms with Crippen LogP contribution in [0.2, 0.25) is 0 Å². The monoisotopic (exact) mass is 428 g/mol. The van der Waals surface area contributed by atoms with Gasteiger partial charge in [0.2, 0.25) is 10.0 Å². The standard InChI is InChI=1S/C23H28N2O4S/c1-16-13-18(7-10-22(16)29-3)23(26)25-17(2)14-19-15-20(8-9-21(19)25)30(27,28)24-11-5-4-6-12-24/h7-10,13,15,17H,4-6,11-12,14H2,1-3H3/t17-/m0/s1. The predicted octanol–water partition coefficient (Wildman–Crippen LogP) is 3.77. The SMILES string of the molecule is COc1ccc(C(=O)N2c3ccc(S(=O)(=O)N4CCCCC4)cc3C[C@@H]2C)cc1C. The lowest BCUT2D eigenvalue weighted by atomic mass is 10.1. The second kappa shape index (κ2) is 8.04. The molecule has 0 radical (unpaired) electrons. The molecule has 6 nitrogen and oxygen atoms in total. The Hall–Kier alpha value is -2.38. The third-order valence-corrected chi connectivity index (χ3v) is 7.97. The molecule has 2 aromatic rings. The lowest BCUT2D eigenvalue weighted by Gasteiger charge is -2.26. The zero-order valence-electron chi connectivity index (χ0n) is 17.7. The van der Waals surface area contributed by atoms with E-state index in [-0.39, 0.29) is 11.9 Å². The van der Waals surface area contributed by atoms with Gasteiger partial charge in [-0.15, -0.1) is 0 Å². The van der Waals surface area contributed by atoms with E-state index in [0.29, 0.717) is 30.0 Å². The van der Waals surface area contributed by atoms with E-state index >= 15 is 0 Å². The van der Waals surface area contributed by atoms with Gasteiger partial charge in [-0.05, 0) is 80.6 Å². The number of anilines is 1. The molecule has 0 N–H and O–H groups in total. The fourth-order valence-corrected chi connectivity index (χ4v) is 6.05. The molecule has 1 fully saturated rings. The Kier molecular flexibility index (Phi) is 5.59. The number of nitrogens with zero attached hydrogens (tertiary/aromatic N) is 2. The Morgan fingerprint density at radius 2 is 1.80 bits per heavy atom. The number of benzene rings is 2. The maximum absolute atomic E-state index is 13.3. The highest BCUT2D eigenvalue weighted by Gasteiger charge is 2.34. The third kappa shape index (κ3) is 3.61. The number of amides is 1. The summed E-state index contributed by atoms with van der Waals surface area (Å²) in [7, 11) is -1.88. The molecule has 0 saturated carbocycles. The second-order valence-corrected chi connectivity index (χ2v) is 10.1. The first-order chi connectivity index (χ1) is 14.3. The highest BCUT2D eigenvalue weighted by Crippen LogP contribution is 2.36. The van der Waals surface area contributed by atoms with Gasteiger partial charge in [-0.3, -0.25) is 4.79 Å². The zero-order chi connectivity index (χ0) is 21.5. The molecule has 30 heavy (non-hydrogen) atoms. The van der Waals surface area contributed by atoms with Gasteiger partial charge in [0.25, 0.3) is 5.91 Å². The van der Waals surface area contributed by atoms with Crippen molar-refractivity contribution in [1.82, 2.24) is 4.31 Å². The van der Waals surface area contributed by atoms with Gasteiger partial charge < -0.3 is 9.64 Å². The Bertz CT molecular complexity index is 1070. The summed E-state index contributed by atoms with van der Waals surface area (Å²) in [4.78, 5) is 15.4. The van der Waals surface area contributed by atoms with Crippen LogP contribution in [0.1, 0.15) is 47.7 Å². The molecule has 0 unspecified atom stereocenters. The van der Waals surface area contributed by atoms with Gasteiger partial charge in [0.15, 0.2) is 0 Å². The summed E-state index contributed by atoms with van der Waals surface area (Å²) in [6.45, 7) is 5.07. The predicted molar refractivity (Wildman–Crippen MR) is 117 cm³/mol. The molecule has 0 spiro atoms. The van der Waals surface area contributed by atoms with E-state index in [1.165, 1.54) is 0 Å². The van der Waals surface area contributed by atoms with Crippen molar-refractivity contribution in [2.75, 3.05) is 25.1 Å². The number of carbonyl (C=O) groups excluding carboxylic acids is 1. The molecule has 2 aliphatic heterocycles. The fraction of sp³-hybridized carbons (Fsp3) is 0.435. The number of aryl methyl sites for hydroxylation is 1. The van der Waals surface area contributed by atoms with Crippen molar-refractivity contribution in [1.29, 1.82) is 0 Å². The Balaban J connectivity index is 1.64. The first kappa shape index (κ1) is 20.9. The van der Waals surface area contributed by atoms with E-state index in [9.17, 15) is 13.2 Å². The number of hydrogen-bond acceptors (Lipinski definition) is 4. The Labute approximate surface area is 178 Å². The lowest BCUT2D eigenvalue weighted by molar-refractivity contribution is 0.0981. The molecule has 1 atom stereocenters. The summed E-state index contributed by atoms with van der Waals surface area (Å²) >= 11 is 0. The number of sulfonamides is 1. The van der Waals surface area contributed by atoms with Crippen LogP contribution in [0.4, 0.5) is 5.69 Å². The minimum Gasteiger partial charge on any atom is -0.496 e. The van der Waals surface area contributed by atoms with Gasteiger partial charge in [0.05, 0.1) is 12.0 Å². The van der Waals surface area contributed by atoms with E-state index < -0.39 is 10.0 Å². The molecule has 7 heteroatoms. The topological polar surface area (TPSA) is 66.9 Å². The third-order valence-electron chi connectivity index (χ3n) is 6.08. The first-order valence-electron chi connectivity index (χ1n) is 10.4. The zero-order valence-corrected chi connectivity index (χ0v) is 18.5. The minimum atomic E-state index is -3.49. The van der Waals surface area contributed by atoms with Crippen molar-refractivity contribution in [2.45, 2.75) is 50.5 Å². The van der Waals surface area contributed by atoms with Crippen molar-refractivity contribution >= 4 is 21.6 Å². The number of rotatable bonds is 4. The number of methoxy groups -OCH3 is 1. The fourth-order valence-electron chi connectivity index (χ4n) is 4.48. The first-order valence-corrected chi connectivity index (χ1v) is 11.9. The molecule has 1 amide bonds. The minimum absolute atomic E-state index is 0.0390. The van der Waals surface area contributed by atoms with Crippen LogP contribution >= 0.6 is 0 Å². The molecular formula is C23H28N2O4S. The normalized spacial score (nSPS) is 19.6. The highest BCUT2D eigenvalue weighted by atomic mass is 32.2. The Morgan fingerprint density at radius 1 is 1.07 bits per heavy atom. The van der Waals surface area contributed by atoms with Crippen molar-refractivity contribution < 1.29 is 17.9 Å². The van der Waals surface area contributed by atoms with E-state index in [4.69, 9.17) is 4.74 Å². The number of piperidine rings is 1. The summed E-state index contributed by atoms with van der Waals surface area (Å²) in [5.41, 5.74) is 3.19. The Morgan fingerprint density at radius 3 is 2.47 bits per heavy atom. The molecule has 0 aliphatic carbocycles. The van der Waals surface area contributed by atoms with Gasteiger partial charge >= 0.3 is 0 Å². The van der Waals surface area contributed by atoms with E-state index in [1.54, 1.807) is 46.6 Å². The largest absolute Gasteiger partial charge is 0.496 e. The summed E-state index contributed by atoms with van der Waals surface area (Å²) < 4.78 is 32.9. The van der Waals surface area contributed by atoms with Gasteiger partial charge in [0, 0.05) is 30.4 Å². The summed E-state index contributed by atoms with van der Waals surface area (Å²) in [6, 6.07) is 10.5. The van der Waals surface area contributed by atoms with Crippen LogP contribution in [0.15, 0.2) is 41.3 Å². The van der Waals surface area contributed by atoms with Crippen molar-refractivity contribution in [3.8, 4) is 5.75 Å². The maximum Gasteiger partial charge on any atom is 0.258 e. The number of carbonyl (C=O) groups is 1. The number of hydrogen-bond donors (Lipinski definition) is 0. The van der Waals surface area contributed by atoms with E-state index in [0.717, 1.165) is 41.8 Å². The summed E-state index contributed by atoms with van der Waals surface area (Å²) in [5.74, 6) is 0.660. The molecular weight excluding hydrogens is 400 g/mol. The average Bonchev–Trinajstić information content (AvgIpc) is 3.08. The molecule has 2 aromatic carbocycles. The summed E-state index contributed by atoms with van der Waals surface area (Å²) in [5, 5.41) is 0. The van der Waals surface area contributed by atoms with Crippen LogP contribution in [0.3, 0.4) is 0 Å². The lowest BCUT2D eigenvalue weighted by Crippen LogP contribution is -2.36. The van der Waals surface area contributed by atoms with E-state index in [1.807, 2.05) is 19.9 Å². The molecule has 0 bridgehead atoms. The van der Waals surface area contributed by atoms with Crippen LogP contribution in [0.5, 0.6) is 5.75 Å². The second-order valence-electron chi connectivity index (χ2n) is 8.17. The van der Waals surface area contributed by atoms with Crippen molar-refractivity contribution in [3.63, 3.8) is 0 Å². The van der Waals surface area contributed by atoms with Crippen molar-refractivity contribution in [3.05, 3.63) is 53.1 Å². The van der Waals surface area contributed by atoms with Gasteiger partial charge in [0.1, 0.15) is 5.75 Å². The van der Waals surface area contributed by atoms with Crippen molar-refractivity contribution in [2.24, 2.45) is 0 Å². The van der Waals surface area contributed by atoms with Crippen LogP contribution in [0, 0.1) is 6.92 Å². The molecule has 2 heterocycles. The van der Waals surface area contributed by atoms with Gasteiger partial charge in [-0.2, -0.15) is 4.31 Å². The number of ether oxygens (including phenoxy) is 1. The van der Waals surface area contributed by atoms with Crippen LogP contribution in [0.25, 0.3) is 0 Å². The van der Waals surface area contributed by atoms with Crippen LogP contribution in [-0.4, -0.2) is 44.9 Å². The van der Waals surface area contributed by atoms with Crippen LogP contribution < -0.4 is 9.64 Å². The van der Waals surface area contributed by atoms with Gasteiger partial charge in [-0.1, -0.05) is 6.42 Å². The van der Waals surface area contributed by atoms with E-state index in [2.05, 4.69) is 0 Å².